The van der Waals surface area contributed by atoms with Crippen LogP contribution in [0.15, 0.2) is 0 Å². The van der Waals surface area contributed by atoms with E-state index in [4.69, 9.17) is 5.73 Å². The van der Waals surface area contributed by atoms with Crippen molar-refractivity contribution in [3.63, 3.8) is 0 Å². The van der Waals surface area contributed by atoms with Crippen LogP contribution < -0.4 is 5.73 Å². The van der Waals surface area contributed by atoms with E-state index >= 15 is 0 Å². The first-order valence-corrected chi connectivity index (χ1v) is 8.70. The summed E-state index contributed by atoms with van der Waals surface area (Å²) >= 11 is 0. The summed E-state index contributed by atoms with van der Waals surface area (Å²) in [4.78, 5) is 2.81. The summed E-state index contributed by atoms with van der Waals surface area (Å²) < 4.78 is 0. The fourth-order valence-corrected chi connectivity index (χ4v) is 4.30. The third-order valence-corrected chi connectivity index (χ3v) is 5.58. The van der Waals surface area contributed by atoms with Crippen molar-refractivity contribution in [2.24, 2.45) is 17.6 Å². The van der Waals surface area contributed by atoms with Gasteiger partial charge in [0.15, 0.2) is 0 Å². The molecule has 0 amide bonds. The number of hydrogen-bond donors (Lipinski definition) is 1. The van der Waals surface area contributed by atoms with Gasteiger partial charge in [-0.2, -0.15) is 0 Å². The topological polar surface area (TPSA) is 29.3 Å². The second kappa shape index (κ2) is 7.64. The van der Waals surface area contributed by atoms with Gasteiger partial charge in [0.05, 0.1) is 0 Å². The van der Waals surface area contributed by atoms with Crippen molar-refractivity contribution in [3.05, 3.63) is 0 Å². The van der Waals surface area contributed by atoms with Crippen molar-refractivity contribution < 1.29 is 0 Å². The highest BCUT2D eigenvalue weighted by Gasteiger charge is 2.31. The highest BCUT2D eigenvalue weighted by atomic mass is 15.2. The predicted octanol–water partition coefficient (Wildman–Crippen LogP) is 3.79. The zero-order chi connectivity index (χ0) is 13.7. The Morgan fingerprint density at radius 3 is 2.53 bits per heavy atom. The Labute approximate surface area is 120 Å². The number of nitrogens with two attached hydrogens (primary N) is 1. The lowest BCUT2D eigenvalue weighted by Gasteiger charge is -2.42. The molecule has 2 nitrogen and oxygen atoms in total. The SMILES string of the molecule is CCCC1CCCC(N2CC(CN)CCC2C)CC1. The van der Waals surface area contributed by atoms with E-state index in [0.717, 1.165) is 30.5 Å². The summed E-state index contributed by atoms with van der Waals surface area (Å²) in [6.07, 6.45) is 12.8. The van der Waals surface area contributed by atoms with Gasteiger partial charge in [0.1, 0.15) is 0 Å². The third kappa shape index (κ3) is 4.19. The molecule has 2 heteroatoms. The summed E-state index contributed by atoms with van der Waals surface area (Å²) in [6, 6.07) is 1.64. The maximum Gasteiger partial charge on any atom is 0.00983 e. The van der Waals surface area contributed by atoms with E-state index in [1.54, 1.807) is 0 Å². The Morgan fingerprint density at radius 1 is 1.00 bits per heavy atom. The van der Waals surface area contributed by atoms with Crippen LogP contribution in [0, 0.1) is 11.8 Å². The van der Waals surface area contributed by atoms with E-state index in [9.17, 15) is 0 Å². The molecule has 19 heavy (non-hydrogen) atoms. The number of hydrogen-bond acceptors (Lipinski definition) is 2. The van der Waals surface area contributed by atoms with E-state index in [2.05, 4.69) is 18.7 Å². The summed E-state index contributed by atoms with van der Waals surface area (Å²) in [5.74, 6) is 1.77. The van der Waals surface area contributed by atoms with E-state index < -0.39 is 0 Å². The Bertz CT molecular complexity index is 254. The van der Waals surface area contributed by atoms with Gasteiger partial charge in [0.2, 0.25) is 0 Å². The van der Waals surface area contributed by atoms with Crippen LogP contribution in [-0.2, 0) is 0 Å². The molecule has 2 rings (SSSR count). The van der Waals surface area contributed by atoms with Gasteiger partial charge in [-0.25, -0.2) is 0 Å². The summed E-state index contributed by atoms with van der Waals surface area (Å²) in [7, 11) is 0. The molecule has 1 saturated carbocycles. The van der Waals surface area contributed by atoms with Crippen LogP contribution in [-0.4, -0.2) is 30.1 Å². The Hall–Kier alpha value is -0.0800. The number of rotatable bonds is 4. The van der Waals surface area contributed by atoms with Crippen molar-refractivity contribution in [2.45, 2.75) is 83.7 Å². The number of likely N-dealkylation sites (tertiary alicyclic amines) is 1. The van der Waals surface area contributed by atoms with Crippen molar-refractivity contribution in [1.29, 1.82) is 0 Å². The highest BCUT2D eigenvalue weighted by Crippen LogP contribution is 2.32. The molecule has 0 aromatic heterocycles. The quantitative estimate of drug-likeness (QED) is 0.784. The van der Waals surface area contributed by atoms with Gasteiger partial charge in [-0.3, -0.25) is 4.90 Å². The van der Waals surface area contributed by atoms with E-state index in [1.165, 1.54) is 64.3 Å². The van der Waals surface area contributed by atoms with E-state index in [-0.39, 0.29) is 0 Å². The van der Waals surface area contributed by atoms with Crippen LogP contribution in [0.5, 0.6) is 0 Å². The van der Waals surface area contributed by atoms with Crippen molar-refractivity contribution in [1.82, 2.24) is 4.90 Å². The first-order chi connectivity index (χ1) is 9.24. The average molecular weight is 266 g/mol. The maximum absolute atomic E-state index is 5.91. The summed E-state index contributed by atoms with van der Waals surface area (Å²) in [6.45, 7) is 6.91. The molecule has 2 aliphatic rings. The molecule has 4 unspecified atom stereocenters. The monoisotopic (exact) mass is 266 g/mol. The van der Waals surface area contributed by atoms with Gasteiger partial charge in [-0.1, -0.05) is 32.6 Å². The van der Waals surface area contributed by atoms with Gasteiger partial charge < -0.3 is 5.73 Å². The minimum atomic E-state index is 0.755. The molecular weight excluding hydrogens is 232 g/mol. The molecule has 1 saturated heterocycles. The minimum absolute atomic E-state index is 0.755. The van der Waals surface area contributed by atoms with Crippen LogP contribution in [0.25, 0.3) is 0 Å². The first-order valence-electron chi connectivity index (χ1n) is 8.70. The molecule has 2 N–H and O–H groups in total. The average Bonchev–Trinajstić information content (AvgIpc) is 2.65. The molecule has 0 radical (unpaired) electrons. The summed E-state index contributed by atoms with van der Waals surface area (Å²) in [5, 5.41) is 0. The molecule has 0 spiro atoms. The van der Waals surface area contributed by atoms with Gasteiger partial charge in [0.25, 0.3) is 0 Å². The molecule has 0 aromatic rings. The predicted molar refractivity (Wildman–Crippen MR) is 83.2 cm³/mol. The Kier molecular flexibility index (Phi) is 6.15. The maximum atomic E-state index is 5.91. The van der Waals surface area contributed by atoms with Crippen LogP contribution >= 0.6 is 0 Å². The molecule has 112 valence electrons. The molecule has 4 atom stereocenters. The van der Waals surface area contributed by atoms with Crippen LogP contribution in [0.3, 0.4) is 0 Å². The second-order valence-corrected chi connectivity index (χ2v) is 7.04. The number of nitrogens with zero attached hydrogens (tertiary/aromatic N) is 1. The summed E-state index contributed by atoms with van der Waals surface area (Å²) in [5.41, 5.74) is 5.91. The fraction of sp³-hybridized carbons (Fsp3) is 1.00. The molecule has 2 fully saturated rings. The fourth-order valence-electron chi connectivity index (χ4n) is 4.30. The standard InChI is InChI=1S/C17H34N2/c1-3-5-15-6-4-7-17(11-10-15)19-13-16(12-18)9-8-14(19)2/h14-17H,3-13,18H2,1-2H3. The molecule has 0 bridgehead atoms. The van der Waals surface area contributed by atoms with Gasteiger partial charge in [-0.05, 0) is 57.4 Å². The zero-order valence-electron chi connectivity index (χ0n) is 13.1. The molecular formula is C17H34N2. The molecule has 0 aromatic carbocycles. The van der Waals surface area contributed by atoms with E-state index in [0.29, 0.717) is 0 Å². The van der Waals surface area contributed by atoms with Crippen LogP contribution in [0.4, 0.5) is 0 Å². The zero-order valence-corrected chi connectivity index (χ0v) is 13.1. The van der Waals surface area contributed by atoms with Crippen molar-refractivity contribution in [3.8, 4) is 0 Å². The van der Waals surface area contributed by atoms with Gasteiger partial charge in [0, 0.05) is 18.6 Å². The Morgan fingerprint density at radius 2 is 1.79 bits per heavy atom. The third-order valence-electron chi connectivity index (χ3n) is 5.58. The van der Waals surface area contributed by atoms with Crippen molar-refractivity contribution in [2.75, 3.05) is 13.1 Å². The number of piperidine rings is 1. The lowest BCUT2D eigenvalue weighted by atomic mass is 9.90. The molecule has 1 aliphatic heterocycles. The molecule has 1 aliphatic carbocycles. The van der Waals surface area contributed by atoms with E-state index in [1.807, 2.05) is 0 Å². The lowest BCUT2D eigenvalue weighted by molar-refractivity contribution is 0.0656. The minimum Gasteiger partial charge on any atom is -0.330 e. The van der Waals surface area contributed by atoms with Crippen molar-refractivity contribution >= 4 is 0 Å². The highest BCUT2D eigenvalue weighted by molar-refractivity contribution is 4.86. The van der Waals surface area contributed by atoms with Gasteiger partial charge in [-0.15, -0.1) is 0 Å². The molecule has 1 heterocycles. The van der Waals surface area contributed by atoms with Gasteiger partial charge >= 0.3 is 0 Å². The normalized spacial score (nSPS) is 38.1. The second-order valence-electron chi connectivity index (χ2n) is 7.04. The van der Waals surface area contributed by atoms with Crippen LogP contribution in [0.1, 0.15) is 71.6 Å². The smallest absolute Gasteiger partial charge is 0.00983 e. The lowest BCUT2D eigenvalue weighted by Crippen LogP contribution is -2.49. The Balaban J connectivity index is 1.89. The van der Waals surface area contributed by atoms with Crippen LogP contribution in [0.2, 0.25) is 0 Å². The largest absolute Gasteiger partial charge is 0.330 e. The first kappa shape index (κ1) is 15.3.